The summed E-state index contributed by atoms with van der Waals surface area (Å²) in [6, 6.07) is 19.1. The molecule has 172 valence electrons. The van der Waals surface area contributed by atoms with E-state index in [0.29, 0.717) is 24.0 Å². The minimum absolute atomic E-state index is 0.213. The van der Waals surface area contributed by atoms with Crippen molar-refractivity contribution < 1.29 is 13.7 Å². The van der Waals surface area contributed by atoms with E-state index < -0.39 is 6.04 Å². The Labute approximate surface area is 201 Å². The van der Waals surface area contributed by atoms with Crippen LogP contribution in [0.25, 0.3) is 17.0 Å². The number of hydrogen-bond donors (Lipinski definition) is 1. The van der Waals surface area contributed by atoms with E-state index in [1.54, 1.807) is 29.0 Å². The molecule has 7 nitrogen and oxygen atoms in total. The van der Waals surface area contributed by atoms with E-state index in [-0.39, 0.29) is 6.03 Å². The summed E-state index contributed by atoms with van der Waals surface area (Å²) < 4.78 is 11.2. The molecule has 2 amide bonds. The quantitative estimate of drug-likeness (QED) is 0.344. The second-order valence-electron chi connectivity index (χ2n) is 8.11. The molecule has 0 saturated carbocycles. The van der Waals surface area contributed by atoms with Crippen molar-refractivity contribution in [3.63, 3.8) is 0 Å². The van der Waals surface area contributed by atoms with Crippen LogP contribution in [0, 0.1) is 6.92 Å². The van der Waals surface area contributed by atoms with Gasteiger partial charge >= 0.3 is 6.03 Å². The third-order valence-electron chi connectivity index (χ3n) is 5.87. The van der Waals surface area contributed by atoms with Crippen LogP contribution in [0.1, 0.15) is 35.7 Å². The molecule has 2 aromatic heterocycles. The molecule has 0 bridgehead atoms. The summed E-state index contributed by atoms with van der Waals surface area (Å²) in [6.45, 7) is 4.22. The Hall–Kier alpha value is -3.78. The van der Waals surface area contributed by atoms with E-state index in [1.807, 2.05) is 74.7 Å². The molecule has 1 unspecified atom stereocenters. The predicted molar refractivity (Wildman–Crippen MR) is 131 cm³/mol. The molecule has 1 atom stereocenters. The second-order valence-corrected chi connectivity index (χ2v) is 8.99. The minimum Gasteiger partial charge on any atom is -0.467 e. The Morgan fingerprint density at radius 2 is 1.91 bits per heavy atom. The van der Waals surface area contributed by atoms with Gasteiger partial charge in [0.05, 0.1) is 24.4 Å². The SMILES string of the molecule is CSc1ccc(C2NC(=O)N(Cc3ccco3)C(C)=C2c2nc(-c3cccc(C)c3)no2)cc1. The van der Waals surface area contributed by atoms with E-state index in [2.05, 4.69) is 10.5 Å². The fourth-order valence-corrected chi connectivity index (χ4v) is 4.50. The van der Waals surface area contributed by atoms with E-state index in [0.717, 1.165) is 32.9 Å². The number of furan rings is 1. The topological polar surface area (TPSA) is 84.4 Å². The molecule has 3 heterocycles. The van der Waals surface area contributed by atoms with Crippen LogP contribution in [0.4, 0.5) is 4.79 Å². The Bertz CT molecular complexity index is 1340. The summed E-state index contributed by atoms with van der Waals surface area (Å²) in [7, 11) is 0. The van der Waals surface area contributed by atoms with Gasteiger partial charge in [0.25, 0.3) is 5.89 Å². The van der Waals surface area contributed by atoms with Crippen LogP contribution in [-0.2, 0) is 6.54 Å². The molecule has 2 aromatic carbocycles. The molecule has 0 saturated heterocycles. The zero-order chi connectivity index (χ0) is 23.7. The highest BCUT2D eigenvalue weighted by Crippen LogP contribution is 2.38. The van der Waals surface area contributed by atoms with Crippen molar-refractivity contribution in [2.24, 2.45) is 0 Å². The van der Waals surface area contributed by atoms with Crippen LogP contribution in [0.2, 0.25) is 0 Å². The summed E-state index contributed by atoms with van der Waals surface area (Å²) in [5.41, 5.74) is 4.42. The van der Waals surface area contributed by atoms with Crippen LogP contribution < -0.4 is 5.32 Å². The Kier molecular flexibility index (Phi) is 5.98. The van der Waals surface area contributed by atoms with Gasteiger partial charge in [0.15, 0.2) is 0 Å². The molecule has 0 radical (unpaired) electrons. The normalized spacial score (nSPS) is 16.1. The molecule has 8 heteroatoms. The summed E-state index contributed by atoms with van der Waals surface area (Å²) in [4.78, 5) is 20.6. The van der Waals surface area contributed by atoms with Gasteiger partial charge in [0.2, 0.25) is 5.82 Å². The van der Waals surface area contributed by atoms with Crippen molar-refractivity contribution in [2.45, 2.75) is 31.3 Å². The Morgan fingerprint density at radius 3 is 2.62 bits per heavy atom. The number of urea groups is 1. The lowest BCUT2D eigenvalue weighted by atomic mass is 9.94. The molecule has 34 heavy (non-hydrogen) atoms. The number of benzene rings is 2. The van der Waals surface area contributed by atoms with E-state index >= 15 is 0 Å². The maximum atomic E-state index is 13.1. The zero-order valence-electron chi connectivity index (χ0n) is 19.1. The predicted octanol–water partition coefficient (Wildman–Crippen LogP) is 6.06. The highest BCUT2D eigenvalue weighted by molar-refractivity contribution is 7.98. The first kappa shape index (κ1) is 22.0. The van der Waals surface area contributed by atoms with Gasteiger partial charge in [-0.3, -0.25) is 4.90 Å². The fraction of sp³-hybridized carbons (Fsp3) is 0.192. The van der Waals surface area contributed by atoms with Crippen LogP contribution in [0.5, 0.6) is 0 Å². The maximum absolute atomic E-state index is 13.1. The highest BCUT2D eigenvalue weighted by Gasteiger charge is 2.36. The number of hydrogen-bond acceptors (Lipinski definition) is 6. The van der Waals surface area contributed by atoms with Gasteiger partial charge in [-0.15, -0.1) is 11.8 Å². The summed E-state index contributed by atoms with van der Waals surface area (Å²) in [5.74, 6) is 1.56. The first-order valence-electron chi connectivity index (χ1n) is 10.9. The smallest absolute Gasteiger partial charge is 0.322 e. The number of thioether (sulfide) groups is 1. The van der Waals surface area contributed by atoms with Gasteiger partial charge in [-0.25, -0.2) is 4.79 Å². The Balaban J connectivity index is 1.59. The average molecular weight is 473 g/mol. The van der Waals surface area contributed by atoms with Crippen molar-refractivity contribution in [3.8, 4) is 11.4 Å². The average Bonchev–Trinajstić information content (AvgIpc) is 3.54. The summed E-state index contributed by atoms with van der Waals surface area (Å²) >= 11 is 1.67. The van der Waals surface area contributed by atoms with Crippen LogP contribution in [-0.4, -0.2) is 27.3 Å². The van der Waals surface area contributed by atoms with Crippen molar-refractivity contribution in [1.82, 2.24) is 20.4 Å². The first-order chi connectivity index (χ1) is 16.5. The fourth-order valence-electron chi connectivity index (χ4n) is 4.09. The minimum atomic E-state index is -0.429. The van der Waals surface area contributed by atoms with E-state index in [9.17, 15) is 4.79 Å². The van der Waals surface area contributed by atoms with Gasteiger partial charge in [0, 0.05) is 16.2 Å². The molecule has 5 rings (SSSR count). The van der Waals surface area contributed by atoms with Crippen LogP contribution >= 0.6 is 11.8 Å². The summed E-state index contributed by atoms with van der Waals surface area (Å²) in [6.07, 6.45) is 3.63. The van der Waals surface area contributed by atoms with Crippen molar-refractivity contribution in [1.29, 1.82) is 0 Å². The number of carbonyl (C=O) groups is 1. The molecule has 0 aliphatic carbocycles. The molecular weight excluding hydrogens is 448 g/mol. The molecule has 1 N–H and O–H groups in total. The molecule has 1 aliphatic rings. The van der Waals surface area contributed by atoms with E-state index in [1.165, 1.54) is 0 Å². The van der Waals surface area contributed by atoms with Gasteiger partial charge in [-0.2, -0.15) is 4.98 Å². The second kappa shape index (κ2) is 9.23. The number of nitrogens with one attached hydrogen (secondary N) is 1. The molecule has 4 aromatic rings. The lowest BCUT2D eigenvalue weighted by Gasteiger charge is -2.34. The third kappa shape index (κ3) is 4.24. The van der Waals surface area contributed by atoms with Crippen LogP contribution in [0.3, 0.4) is 0 Å². The number of aromatic nitrogens is 2. The summed E-state index contributed by atoms with van der Waals surface area (Å²) in [5, 5.41) is 7.36. The van der Waals surface area contributed by atoms with Crippen molar-refractivity contribution in [2.75, 3.05) is 6.26 Å². The largest absolute Gasteiger partial charge is 0.467 e. The standard InChI is InChI=1S/C26H24N4O3S/c1-16-6-4-7-19(14-16)24-28-25(33-29-24)22-17(2)30(15-20-8-5-13-32-20)26(31)27-23(22)18-9-11-21(34-3)12-10-18/h4-14,23H,15H2,1-3H3,(H,27,31). The van der Waals surface area contributed by atoms with E-state index in [4.69, 9.17) is 13.9 Å². The number of amides is 2. The molecular formula is C26H24N4O3S. The highest BCUT2D eigenvalue weighted by atomic mass is 32.2. The third-order valence-corrected chi connectivity index (χ3v) is 6.62. The molecule has 0 spiro atoms. The van der Waals surface area contributed by atoms with Gasteiger partial charge in [-0.05, 0) is 56.0 Å². The number of aryl methyl sites for hydroxylation is 1. The number of carbonyl (C=O) groups excluding carboxylic acids is 1. The van der Waals surface area contributed by atoms with Gasteiger partial charge in [0.1, 0.15) is 5.76 Å². The Morgan fingerprint density at radius 1 is 1.09 bits per heavy atom. The number of nitrogens with zero attached hydrogens (tertiary/aromatic N) is 3. The number of allylic oxidation sites excluding steroid dienone is 1. The van der Waals surface area contributed by atoms with Crippen molar-refractivity contribution in [3.05, 3.63) is 95.4 Å². The van der Waals surface area contributed by atoms with Gasteiger partial charge < -0.3 is 14.3 Å². The lowest BCUT2D eigenvalue weighted by molar-refractivity contribution is 0.199. The zero-order valence-corrected chi connectivity index (χ0v) is 19.9. The van der Waals surface area contributed by atoms with Crippen molar-refractivity contribution >= 4 is 23.4 Å². The molecule has 0 fully saturated rings. The van der Waals surface area contributed by atoms with Gasteiger partial charge in [-0.1, -0.05) is 41.1 Å². The maximum Gasteiger partial charge on any atom is 0.322 e. The first-order valence-corrected chi connectivity index (χ1v) is 12.1. The monoisotopic (exact) mass is 472 g/mol. The molecule has 1 aliphatic heterocycles. The van der Waals surface area contributed by atoms with Crippen LogP contribution in [0.15, 0.2) is 86.5 Å². The number of rotatable bonds is 6. The lowest BCUT2D eigenvalue weighted by Crippen LogP contribution is -2.45.